The lowest BCUT2D eigenvalue weighted by Crippen LogP contribution is -2.39. The van der Waals surface area contributed by atoms with Crippen LogP contribution in [0, 0.1) is 20.2 Å². The average molecular weight is 465 g/mol. The molecule has 0 amide bonds. The van der Waals surface area contributed by atoms with Crippen molar-refractivity contribution in [2.45, 2.75) is 13.3 Å². The Bertz CT molecular complexity index is 1070. The zero-order valence-electron chi connectivity index (χ0n) is 18.5. The van der Waals surface area contributed by atoms with Crippen LogP contribution in [0.3, 0.4) is 0 Å². The van der Waals surface area contributed by atoms with Crippen LogP contribution >= 0.6 is 0 Å². The number of piperidine rings is 1. The highest BCUT2D eigenvalue weighted by Crippen LogP contribution is 2.24. The molecule has 1 heterocycles. The highest BCUT2D eigenvalue weighted by molar-refractivity contribution is 6.14. The molecule has 0 radical (unpaired) electrons. The molecule has 0 spiro atoms. The van der Waals surface area contributed by atoms with Crippen LogP contribution in [-0.4, -0.2) is 52.7 Å². The van der Waals surface area contributed by atoms with E-state index in [-0.39, 0.29) is 36.2 Å². The Morgan fingerprint density at radius 3 is 1.74 bits per heavy atom. The summed E-state index contributed by atoms with van der Waals surface area (Å²) in [5, 5.41) is 21.8. The predicted molar refractivity (Wildman–Crippen MR) is 125 cm³/mol. The van der Waals surface area contributed by atoms with E-state index >= 15 is 0 Å². The number of hydrogen-bond donors (Lipinski definition) is 0. The zero-order valence-corrected chi connectivity index (χ0v) is 18.5. The smallest absolute Gasteiger partial charge is 0.307 e. The molecule has 0 N–H and O–H groups in total. The number of nitrogens with zero attached hydrogens (tertiary/aromatic N) is 3. The number of ketones is 1. The molecule has 34 heavy (non-hydrogen) atoms. The number of esters is 1. The maximum absolute atomic E-state index is 13.2. The van der Waals surface area contributed by atoms with Crippen LogP contribution < -0.4 is 0 Å². The van der Waals surface area contributed by atoms with Crippen LogP contribution in [-0.2, 0) is 14.3 Å². The van der Waals surface area contributed by atoms with Gasteiger partial charge in [-0.2, -0.15) is 0 Å². The standard InChI is InChI=1S/C24H23N3O7/c1-2-34-23(28)11-12-25-15-19(13-17-3-7-21(8-4-17)26(30)31)24(29)20(16-25)14-18-5-9-22(10-6-18)27(32)33/h3-10,13-14H,2,11-12,15-16H2,1H3/b19-13-,20-14-. The molecule has 0 unspecified atom stereocenters. The number of carbonyl (C=O) groups is 2. The van der Waals surface area contributed by atoms with Crippen molar-refractivity contribution >= 4 is 35.3 Å². The second-order valence-corrected chi connectivity index (χ2v) is 7.63. The number of carbonyl (C=O) groups excluding carboxylic acids is 2. The Hall–Kier alpha value is -4.18. The van der Waals surface area contributed by atoms with Crippen molar-refractivity contribution in [3.05, 3.63) is 91.0 Å². The van der Waals surface area contributed by atoms with Crippen molar-refractivity contribution in [3.8, 4) is 0 Å². The maximum Gasteiger partial charge on any atom is 0.307 e. The van der Waals surface area contributed by atoms with Gasteiger partial charge in [-0.1, -0.05) is 0 Å². The predicted octanol–water partition coefficient (Wildman–Crippen LogP) is 3.81. The topological polar surface area (TPSA) is 133 Å². The first-order valence-electron chi connectivity index (χ1n) is 10.6. The Kier molecular flexibility index (Phi) is 7.99. The number of non-ortho nitro benzene ring substituents is 2. The quantitative estimate of drug-likeness (QED) is 0.249. The molecule has 0 aromatic heterocycles. The first-order valence-corrected chi connectivity index (χ1v) is 10.6. The van der Waals surface area contributed by atoms with Gasteiger partial charge in [0.15, 0.2) is 5.78 Å². The number of benzene rings is 2. The molecule has 1 fully saturated rings. The molecule has 10 nitrogen and oxygen atoms in total. The minimum Gasteiger partial charge on any atom is -0.466 e. The molecule has 0 saturated carbocycles. The summed E-state index contributed by atoms with van der Waals surface area (Å²) in [5.74, 6) is -0.523. The van der Waals surface area contributed by atoms with Crippen molar-refractivity contribution in [3.63, 3.8) is 0 Å². The summed E-state index contributed by atoms with van der Waals surface area (Å²) in [6.45, 7) is 2.99. The van der Waals surface area contributed by atoms with Gasteiger partial charge in [-0.25, -0.2) is 0 Å². The van der Waals surface area contributed by atoms with Crippen LogP contribution in [0.2, 0.25) is 0 Å². The van der Waals surface area contributed by atoms with E-state index in [9.17, 15) is 29.8 Å². The van der Waals surface area contributed by atoms with E-state index in [0.29, 0.717) is 41.9 Å². The Labute approximate surface area is 195 Å². The summed E-state index contributed by atoms with van der Waals surface area (Å²) in [6, 6.07) is 11.7. The van der Waals surface area contributed by atoms with E-state index in [4.69, 9.17) is 4.74 Å². The van der Waals surface area contributed by atoms with E-state index in [1.807, 2.05) is 4.90 Å². The fourth-order valence-electron chi connectivity index (χ4n) is 3.54. The van der Waals surface area contributed by atoms with Gasteiger partial charge >= 0.3 is 5.97 Å². The second kappa shape index (κ2) is 11.1. The molecule has 176 valence electrons. The first-order chi connectivity index (χ1) is 16.3. The van der Waals surface area contributed by atoms with E-state index in [1.165, 1.54) is 24.3 Å². The normalized spacial score (nSPS) is 16.6. The van der Waals surface area contributed by atoms with Crippen LogP contribution in [0.1, 0.15) is 24.5 Å². The van der Waals surface area contributed by atoms with E-state index < -0.39 is 9.85 Å². The van der Waals surface area contributed by atoms with Crippen LogP contribution in [0.5, 0.6) is 0 Å². The SMILES string of the molecule is CCOC(=O)CCN1C/C(=C/c2ccc([N+](=O)[O-])cc2)C(=O)/C(=C\c2ccc([N+](=O)[O-])cc2)C1. The van der Waals surface area contributed by atoms with Gasteiger partial charge in [0.1, 0.15) is 0 Å². The first kappa shape index (κ1) is 24.5. The van der Waals surface area contributed by atoms with Gasteiger partial charge in [0.25, 0.3) is 11.4 Å². The summed E-state index contributed by atoms with van der Waals surface area (Å²) in [5.41, 5.74) is 2.11. The lowest BCUT2D eigenvalue weighted by atomic mass is 9.94. The monoisotopic (exact) mass is 465 g/mol. The van der Waals surface area contributed by atoms with E-state index in [1.54, 1.807) is 43.3 Å². The van der Waals surface area contributed by atoms with Crippen LogP contribution in [0.25, 0.3) is 12.2 Å². The lowest BCUT2D eigenvalue weighted by molar-refractivity contribution is -0.385. The third kappa shape index (κ3) is 6.42. The number of ether oxygens (including phenoxy) is 1. The van der Waals surface area contributed by atoms with Gasteiger partial charge in [0.2, 0.25) is 0 Å². The highest BCUT2D eigenvalue weighted by atomic mass is 16.6. The molecule has 3 rings (SSSR count). The van der Waals surface area contributed by atoms with Gasteiger partial charge in [-0.3, -0.25) is 34.7 Å². The van der Waals surface area contributed by atoms with Gasteiger partial charge in [-0.05, 0) is 54.5 Å². The second-order valence-electron chi connectivity index (χ2n) is 7.63. The highest BCUT2D eigenvalue weighted by Gasteiger charge is 2.26. The fraction of sp³-hybridized carbons (Fsp3) is 0.250. The molecule has 10 heteroatoms. The summed E-state index contributed by atoms with van der Waals surface area (Å²) in [4.78, 5) is 47.7. The summed E-state index contributed by atoms with van der Waals surface area (Å²) >= 11 is 0. The van der Waals surface area contributed by atoms with Crippen molar-refractivity contribution in [2.75, 3.05) is 26.2 Å². The minimum atomic E-state index is -0.495. The summed E-state index contributed by atoms with van der Waals surface area (Å²) in [7, 11) is 0. The van der Waals surface area contributed by atoms with Crippen molar-refractivity contribution in [2.24, 2.45) is 0 Å². The molecule has 1 saturated heterocycles. The number of nitro benzene ring substituents is 2. The summed E-state index contributed by atoms with van der Waals surface area (Å²) in [6.07, 6.45) is 3.51. The van der Waals surface area contributed by atoms with Crippen LogP contribution in [0.15, 0.2) is 59.7 Å². The zero-order chi connectivity index (χ0) is 24.7. The third-order valence-electron chi connectivity index (χ3n) is 5.20. The molecule has 0 aliphatic carbocycles. The van der Waals surface area contributed by atoms with Crippen LogP contribution in [0.4, 0.5) is 11.4 Å². The molecular formula is C24H23N3O7. The van der Waals surface area contributed by atoms with Crippen molar-refractivity contribution in [1.29, 1.82) is 0 Å². The summed E-state index contributed by atoms with van der Waals surface area (Å²) < 4.78 is 4.99. The van der Waals surface area contributed by atoms with E-state index in [2.05, 4.69) is 0 Å². The average Bonchev–Trinajstić information content (AvgIpc) is 2.81. The number of likely N-dealkylation sites (tertiary alicyclic amines) is 1. The Morgan fingerprint density at radius 2 is 1.35 bits per heavy atom. The molecule has 2 aromatic carbocycles. The van der Waals surface area contributed by atoms with Gasteiger partial charge in [0, 0.05) is 55.0 Å². The van der Waals surface area contributed by atoms with Crippen molar-refractivity contribution < 1.29 is 24.2 Å². The molecule has 1 aliphatic heterocycles. The van der Waals surface area contributed by atoms with Crippen molar-refractivity contribution in [1.82, 2.24) is 4.90 Å². The number of rotatable bonds is 8. The van der Waals surface area contributed by atoms with Gasteiger partial charge in [-0.15, -0.1) is 0 Å². The maximum atomic E-state index is 13.2. The molecule has 1 aliphatic rings. The minimum absolute atomic E-state index is 0.0491. The lowest BCUT2D eigenvalue weighted by Gasteiger charge is -2.29. The molecular weight excluding hydrogens is 442 g/mol. The largest absolute Gasteiger partial charge is 0.466 e. The third-order valence-corrected chi connectivity index (χ3v) is 5.20. The molecule has 2 aromatic rings. The van der Waals surface area contributed by atoms with E-state index in [0.717, 1.165) is 0 Å². The van der Waals surface area contributed by atoms with Gasteiger partial charge < -0.3 is 4.74 Å². The number of nitro groups is 2. The Balaban J connectivity index is 1.89. The number of hydrogen-bond acceptors (Lipinski definition) is 8. The number of Topliss-reactive ketones (excluding diaryl/α,β-unsaturated/α-hetero) is 1. The fourth-order valence-corrected chi connectivity index (χ4v) is 3.54. The Morgan fingerprint density at radius 1 is 0.912 bits per heavy atom. The van der Waals surface area contributed by atoms with Gasteiger partial charge in [0.05, 0.1) is 22.9 Å². The molecule has 0 bridgehead atoms. The molecule has 0 atom stereocenters.